The number of aliphatic hydroxyl groups excluding tert-OH is 1. The number of allylic oxidation sites excluding steroid dienone is 1. The number of nitro groups is 1. The third kappa shape index (κ3) is 9.97. The van der Waals surface area contributed by atoms with Gasteiger partial charge in [-0.25, -0.2) is 0 Å². The number of rotatable bonds is 20. The molecule has 1 atom stereocenters. The standard InChI is InChI=1S/C35H46N2O5/c1-2-3-4-5-6-7-8-9-10-11-12-13-14-18-26-36-33(29-22-19-23-30(27-29)37(41)42)32(34(39)35(36)40)31(38)25-24-28-20-16-15-17-21-28/h15-17,19-25,27,33,39H,2-14,18,26H2,1H3/b25-24+/t33-/m0/s1. The third-order valence-corrected chi connectivity index (χ3v) is 7.95. The molecular weight excluding hydrogens is 528 g/mol. The van der Waals surface area contributed by atoms with Gasteiger partial charge in [0.2, 0.25) is 0 Å². The van der Waals surface area contributed by atoms with E-state index in [9.17, 15) is 24.8 Å². The zero-order valence-electron chi connectivity index (χ0n) is 25.0. The molecule has 0 bridgehead atoms. The molecule has 7 nitrogen and oxygen atoms in total. The molecule has 1 amide bonds. The Morgan fingerprint density at radius 3 is 2.00 bits per heavy atom. The van der Waals surface area contributed by atoms with Crippen LogP contribution in [-0.2, 0) is 9.59 Å². The van der Waals surface area contributed by atoms with Gasteiger partial charge >= 0.3 is 0 Å². The molecule has 1 heterocycles. The molecule has 0 aliphatic carbocycles. The molecular formula is C35H46N2O5. The SMILES string of the molecule is CCCCCCCCCCCCCCCCN1C(=O)C(O)=C(C(=O)/C=C/c2ccccc2)[C@@H]1c1cccc([N+](=O)[O-])c1. The van der Waals surface area contributed by atoms with E-state index in [-0.39, 0.29) is 11.3 Å². The van der Waals surface area contributed by atoms with Crippen LogP contribution < -0.4 is 0 Å². The number of nitrogens with zero attached hydrogens (tertiary/aromatic N) is 2. The summed E-state index contributed by atoms with van der Waals surface area (Å²) in [4.78, 5) is 38.9. The van der Waals surface area contributed by atoms with E-state index < -0.39 is 28.4 Å². The minimum Gasteiger partial charge on any atom is -0.503 e. The summed E-state index contributed by atoms with van der Waals surface area (Å²) >= 11 is 0. The van der Waals surface area contributed by atoms with E-state index >= 15 is 0 Å². The Labute approximate surface area is 250 Å². The van der Waals surface area contributed by atoms with Crippen LogP contribution in [0.5, 0.6) is 0 Å². The summed E-state index contributed by atoms with van der Waals surface area (Å²) in [6, 6.07) is 14.3. The van der Waals surface area contributed by atoms with Gasteiger partial charge in [0.25, 0.3) is 11.6 Å². The van der Waals surface area contributed by atoms with Gasteiger partial charge in [-0.15, -0.1) is 0 Å². The Bertz CT molecular complexity index is 1220. The molecule has 2 aromatic carbocycles. The van der Waals surface area contributed by atoms with E-state index in [1.165, 1.54) is 87.3 Å². The van der Waals surface area contributed by atoms with Crippen LogP contribution in [0.2, 0.25) is 0 Å². The van der Waals surface area contributed by atoms with Crippen molar-refractivity contribution in [2.24, 2.45) is 0 Å². The van der Waals surface area contributed by atoms with E-state index in [0.29, 0.717) is 12.1 Å². The average Bonchev–Trinajstić information content (AvgIpc) is 3.25. The number of ketones is 1. The van der Waals surface area contributed by atoms with Crippen molar-refractivity contribution >= 4 is 23.5 Å². The minimum absolute atomic E-state index is 0.0435. The molecule has 1 N–H and O–H groups in total. The summed E-state index contributed by atoms with van der Waals surface area (Å²) in [6.07, 6.45) is 20.0. The summed E-state index contributed by atoms with van der Waals surface area (Å²) in [5.41, 5.74) is 1.07. The first-order valence-electron chi connectivity index (χ1n) is 15.7. The van der Waals surface area contributed by atoms with Gasteiger partial charge in [0.15, 0.2) is 11.5 Å². The number of carbonyl (C=O) groups excluding carboxylic acids is 2. The predicted octanol–water partition coefficient (Wildman–Crippen LogP) is 9.05. The van der Waals surface area contributed by atoms with Crippen LogP contribution in [0.1, 0.15) is 114 Å². The number of unbranched alkanes of at least 4 members (excludes halogenated alkanes) is 13. The number of non-ortho nitro benzene ring substituents is 1. The Kier molecular flexibility index (Phi) is 14.0. The highest BCUT2D eigenvalue weighted by Gasteiger charge is 2.42. The molecule has 0 unspecified atom stereocenters. The number of carbonyl (C=O) groups is 2. The van der Waals surface area contributed by atoms with Gasteiger partial charge in [-0.2, -0.15) is 0 Å². The maximum atomic E-state index is 13.3. The first kappa shape index (κ1) is 32.8. The molecule has 3 rings (SSSR count). The normalized spacial score (nSPS) is 15.2. The molecule has 0 saturated heterocycles. The van der Waals surface area contributed by atoms with Crippen LogP contribution in [0.4, 0.5) is 5.69 Å². The predicted molar refractivity (Wildman–Crippen MR) is 168 cm³/mol. The van der Waals surface area contributed by atoms with Crippen LogP contribution >= 0.6 is 0 Å². The van der Waals surface area contributed by atoms with Gasteiger partial charge in [0, 0.05) is 18.7 Å². The summed E-state index contributed by atoms with van der Waals surface area (Å²) in [6.45, 7) is 2.60. The Morgan fingerprint density at radius 2 is 1.43 bits per heavy atom. The third-order valence-electron chi connectivity index (χ3n) is 7.95. The molecule has 0 radical (unpaired) electrons. The first-order chi connectivity index (χ1) is 20.4. The highest BCUT2D eigenvalue weighted by molar-refractivity contribution is 6.14. The van der Waals surface area contributed by atoms with Gasteiger partial charge < -0.3 is 10.0 Å². The van der Waals surface area contributed by atoms with E-state index in [1.54, 1.807) is 18.2 Å². The topological polar surface area (TPSA) is 101 Å². The van der Waals surface area contributed by atoms with Crippen molar-refractivity contribution in [1.29, 1.82) is 0 Å². The second-order valence-corrected chi connectivity index (χ2v) is 11.2. The van der Waals surface area contributed by atoms with Crippen molar-refractivity contribution in [3.05, 3.63) is 93.2 Å². The Hall–Kier alpha value is -3.74. The highest BCUT2D eigenvalue weighted by Crippen LogP contribution is 2.39. The summed E-state index contributed by atoms with van der Waals surface area (Å²) in [7, 11) is 0. The molecule has 2 aromatic rings. The van der Waals surface area contributed by atoms with Gasteiger partial charge in [-0.05, 0) is 23.6 Å². The minimum atomic E-state index is -0.882. The van der Waals surface area contributed by atoms with E-state index in [0.717, 1.165) is 31.2 Å². The van der Waals surface area contributed by atoms with Crippen LogP contribution in [0.15, 0.2) is 72.0 Å². The number of nitro benzene ring substituents is 1. The van der Waals surface area contributed by atoms with Gasteiger partial charge in [-0.3, -0.25) is 19.7 Å². The van der Waals surface area contributed by atoms with Crippen LogP contribution in [0.3, 0.4) is 0 Å². The monoisotopic (exact) mass is 574 g/mol. The van der Waals surface area contributed by atoms with E-state index in [4.69, 9.17) is 0 Å². The fourth-order valence-corrected chi connectivity index (χ4v) is 5.59. The first-order valence-corrected chi connectivity index (χ1v) is 15.7. The number of aliphatic hydroxyl groups is 1. The lowest BCUT2D eigenvalue weighted by Crippen LogP contribution is -2.32. The zero-order valence-corrected chi connectivity index (χ0v) is 25.0. The molecule has 226 valence electrons. The molecule has 0 spiro atoms. The summed E-state index contributed by atoms with van der Waals surface area (Å²) in [5, 5.41) is 22.3. The van der Waals surface area contributed by atoms with Crippen LogP contribution in [0.25, 0.3) is 6.08 Å². The summed E-state index contributed by atoms with van der Waals surface area (Å²) in [5.74, 6) is -1.69. The van der Waals surface area contributed by atoms with Gasteiger partial charge in [0.1, 0.15) is 0 Å². The zero-order chi connectivity index (χ0) is 30.2. The number of hydrogen-bond donors (Lipinski definition) is 1. The molecule has 42 heavy (non-hydrogen) atoms. The molecule has 1 aliphatic heterocycles. The van der Waals surface area contributed by atoms with Crippen LogP contribution in [0, 0.1) is 10.1 Å². The number of hydrogen-bond acceptors (Lipinski definition) is 5. The fourth-order valence-electron chi connectivity index (χ4n) is 5.59. The maximum absolute atomic E-state index is 13.3. The second-order valence-electron chi connectivity index (χ2n) is 11.2. The van der Waals surface area contributed by atoms with Crippen molar-refractivity contribution in [1.82, 2.24) is 4.90 Å². The maximum Gasteiger partial charge on any atom is 0.290 e. The number of amides is 1. The molecule has 0 fully saturated rings. The van der Waals surface area contributed by atoms with Crippen molar-refractivity contribution < 1.29 is 19.6 Å². The smallest absolute Gasteiger partial charge is 0.290 e. The van der Waals surface area contributed by atoms with Crippen molar-refractivity contribution in [2.75, 3.05) is 6.54 Å². The van der Waals surface area contributed by atoms with Gasteiger partial charge in [0.05, 0.1) is 16.5 Å². The largest absolute Gasteiger partial charge is 0.503 e. The molecule has 0 aromatic heterocycles. The van der Waals surface area contributed by atoms with Crippen LogP contribution in [-0.4, -0.2) is 33.2 Å². The second kappa shape index (κ2) is 17.9. The fraction of sp³-hybridized carbons (Fsp3) is 0.486. The Balaban J connectivity index is 1.55. The molecule has 0 saturated carbocycles. The van der Waals surface area contributed by atoms with E-state index in [1.807, 2.05) is 30.3 Å². The lowest BCUT2D eigenvalue weighted by Gasteiger charge is -2.26. The quantitative estimate of drug-likeness (QED) is 0.0736. The lowest BCUT2D eigenvalue weighted by molar-refractivity contribution is -0.384. The van der Waals surface area contributed by atoms with Crippen molar-refractivity contribution in [3.63, 3.8) is 0 Å². The molecule has 7 heteroatoms. The van der Waals surface area contributed by atoms with Crippen molar-refractivity contribution in [3.8, 4) is 0 Å². The summed E-state index contributed by atoms with van der Waals surface area (Å²) < 4.78 is 0. The van der Waals surface area contributed by atoms with Crippen molar-refractivity contribution in [2.45, 2.75) is 103 Å². The van der Waals surface area contributed by atoms with Gasteiger partial charge in [-0.1, -0.05) is 139 Å². The average molecular weight is 575 g/mol. The highest BCUT2D eigenvalue weighted by atomic mass is 16.6. The lowest BCUT2D eigenvalue weighted by atomic mass is 9.95. The molecule has 1 aliphatic rings. The Morgan fingerprint density at radius 1 is 0.857 bits per heavy atom. The number of benzene rings is 2. The van der Waals surface area contributed by atoms with E-state index in [2.05, 4.69) is 6.92 Å².